The maximum atomic E-state index is 13.6. The van der Waals surface area contributed by atoms with Gasteiger partial charge in [0.05, 0.1) is 6.26 Å². The molecule has 112 valence electrons. The van der Waals surface area contributed by atoms with Crippen molar-refractivity contribution in [3.8, 4) is 10.8 Å². The Hall–Kier alpha value is -2.47. The number of hydrogen-bond acceptors (Lipinski definition) is 4. The Balaban J connectivity index is 1.75. The molecule has 0 saturated carbocycles. The van der Waals surface area contributed by atoms with Gasteiger partial charge in [-0.15, -0.1) is 11.3 Å². The Morgan fingerprint density at radius 3 is 2.86 bits per heavy atom. The second kappa shape index (κ2) is 6.11. The molecule has 2 aromatic heterocycles. The summed E-state index contributed by atoms with van der Waals surface area (Å²) < 4.78 is 18.9. The second-order valence-electron chi connectivity index (χ2n) is 4.77. The minimum atomic E-state index is -0.322. The average Bonchev–Trinajstić information content (AvgIpc) is 3.19. The largest absolute Gasteiger partial charge is 0.462 e. The third-order valence-corrected chi connectivity index (χ3v) is 4.02. The molecule has 0 radical (unpaired) electrons. The van der Waals surface area contributed by atoms with Crippen LogP contribution in [0.4, 0.5) is 4.39 Å². The van der Waals surface area contributed by atoms with Gasteiger partial charge in [-0.25, -0.2) is 9.37 Å². The summed E-state index contributed by atoms with van der Waals surface area (Å²) in [4.78, 5) is 18.1. The molecule has 0 atom stereocenters. The fraction of sp³-hybridized carbons (Fsp3) is 0.125. The van der Waals surface area contributed by atoms with E-state index in [0.717, 1.165) is 0 Å². The zero-order valence-electron chi connectivity index (χ0n) is 11.8. The number of furan rings is 1. The summed E-state index contributed by atoms with van der Waals surface area (Å²) in [6.45, 7) is 0.194. The van der Waals surface area contributed by atoms with Gasteiger partial charge in [0.15, 0.2) is 10.8 Å². The van der Waals surface area contributed by atoms with Crippen molar-refractivity contribution in [1.82, 2.24) is 9.88 Å². The zero-order chi connectivity index (χ0) is 15.5. The van der Waals surface area contributed by atoms with Gasteiger partial charge in [-0.3, -0.25) is 4.79 Å². The molecule has 1 amide bonds. The van der Waals surface area contributed by atoms with Crippen molar-refractivity contribution in [2.45, 2.75) is 6.54 Å². The van der Waals surface area contributed by atoms with Crippen LogP contribution in [0.3, 0.4) is 0 Å². The lowest BCUT2D eigenvalue weighted by molar-refractivity contribution is 0.0779. The van der Waals surface area contributed by atoms with Gasteiger partial charge in [-0.2, -0.15) is 0 Å². The molecule has 3 rings (SSSR count). The minimum absolute atomic E-state index is 0.194. The molecule has 6 heteroatoms. The maximum absolute atomic E-state index is 13.6. The first-order chi connectivity index (χ1) is 10.6. The number of hydrogen-bond donors (Lipinski definition) is 0. The van der Waals surface area contributed by atoms with E-state index in [1.54, 1.807) is 49.0 Å². The number of halogens is 1. The monoisotopic (exact) mass is 316 g/mol. The summed E-state index contributed by atoms with van der Waals surface area (Å²) in [5.74, 6) is 0.0508. The zero-order valence-corrected chi connectivity index (χ0v) is 12.6. The van der Waals surface area contributed by atoms with Crippen LogP contribution in [0.15, 0.2) is 52.5 Å². The van der Waals surface area contributed by atoms with Crippen molar-refractivity contribution in [2.24, 2.45) is 0 Å². The highest BCUT2D eigenvalue weighted by atomic mass is 32.1. The number of rotatable bonds is 4. The smallest absolute Gasteiger partial charge is 0.273 e. The van der Waals surface area contributed by atoms with Crippen molar-refractivity contribution >= 4 is 17.2 Å². The highest BCUT2D eigenvalue weighted by Gasteiger charge is 2.18. The Morgan fingerprint density at radius 2 is 2.14 bits per heavy atom. The Bertz CT molecular complexity index is 783. The van der Waals surface area contributed by atoms with Crippen LogP contribution in [-0.2, 0) is 6.54 Å². The number of carbonyl (C=O) groups excluding carboxylic acids is 1. The Kier molecular flexibility index (Phi) is 4.02. The first-order valence-corrected chi connectivity index (χ1v) is 7.51. The normalized spacial score (nSPS) is 10.6. The van der Waals surface area contributed by atoms with Crippen molar-refractivity contribution in [2.75, 3.05) is 7.05 Å². The van der Waals surface area contributed by atoms with Crippen molar-refractivity contribution in [1.29, 1.82) is 0 Å². The van der Waals surface area contributed by atoms with Crippen LogP contribution < -0.4 is 0 Å². The molecule has 0 unspecified atom stereocenters. The van der Waals surface area contributed by atoms with Gasteiger partial charge in [0, 0.05) is 24.5 Å². The highest BCUT2D eigenvalue weighted by molar-refractivity contribution is 7.13. The number of thiazole rings is 1. The van der Waals surface area contributed by atoms with Crippen LogP contribution in [0.25, 0.3) is 10.8 Å². The molecule has 0 aliphatic heterocycles. The van der Waals surface area contributed by atoms with E-state index in [4.69, 9.17) is 4.42 Å². The molecule has 2 heterocycles. The standard InChI is InChI=1S/C16H13FN2O2S/c1-19(9-11-5-2-3-6-12(11)17)16(20)13-10-22-15(18-13)14-7-4-8-21-14/h2-8,10H,9H2,1H3. The van der Waals surface area contributed by atoms with E-state index < -0.39 is 0 Å². The van der Waals surface area contributed by atoms with Gasteiger partial charge in [0.25, 0.3) is 5.91 Å². The molecule has 0 N–H and O–H groups in total. The summed E-state index contributed by atoms with van der Waals surface area (Å²) in [7, 11) is 1.63. The molecule has 0 bridgehead atoms. The lowest BCUT2D eigenvalue weighted by Gasteiger charge is -2.16. The van der Waals surface area contributed by atoms with E-state index in [2.05, 4.69) is 4.98 Å². The van der Waals surface area contributed by atoms with Crippen LogP contribution in [0.5, 0.6) is 0 Å². The van der Waals surface area contributed by atoms with E-state index in [1.807, 2.05) is 0 Å². The molecule has 1 aromatic carbocycles. The minimum Gasteiger partial charge on any atom is -0.462 e. The Labute approximate surface area is 130 Å². The van der Waals surface area contributed by atoms with Gasteiger partial charge < -0.3 is 9.32 Å². The topological polar surface area (TPSA) is 46.3 Å². The van der Waals surface area contributed by atoms with E-state index >= 15 is 0 Å². The number of amides is 1. The predicted octanol–water partition coefficient (Wildman–Crippen LogP) is 3.81. The highest BCUT2D eigenvalue weighted by Crippen LogP contribution is 2.24. The lowest BCUT2D eigenvalue weighted by Crippen LogP contribution is -2.26. The number of aromatic nitrogens is 1. The van der Waals surface area contributed by atoms with E-state index in [-0.39, 0.29) is 18.3 Å². The second-order valence-corrected chi connectivity index (χ2v) is 5.63. The molecule has 0 aliphatic rings. The van der Waals surface area contributed by atoms with Gasteiger partial charge >= 0.3 is 0 Å². The SMILES string of the molecule is CN(Cc1ccccc1F)C(=O)c1csc(-c2ccco2)n1. The summed E-state index contributed by atoms with van der Waals surface area (Å²) in [6, 6.07) is 9.96. The summed E-state index contributed by atoms with van der Waals surface area (Å²) >= 11 is 1.34. The molecule has 0 spiro atoms. The van der Waals surface area contributed by atoms with E-state index in [1.165, 1.54) is 22.3 Å². The van der Waals surface area contributed by atoms with Crippen LogP contribution in [0.1, 0.15) is 16.1 Å². The van der Waals surface area contributed by atoms with Gasteiger partial charge in [-0.05, 0) is 18.2 Å². The fourth-order valence-corrected chi connectivity index (χ4v) is 2.80. The summed E-state index contributed by atoms with van der Waals surface area (Å²) in [5, 5.41) is 2.32. The molecule has 4 nitrogen and oxygen atoms in total. The number of nitrogens with zero attached hydrogens (tertiary/aromatic N) is 2. The summed E-state index contributed by atoms with van der Waals surface area (Å²) in [6.07, 6.45) is 1.56. The third-order valence-electron chi connectivity index (χ3n) is 3.17. The van der Waals surface area contributed by atoms with Crippen molar-refractivity contribution in [3.05, 3.63) is 65.1 Å². The lowest BCUT2D eigenvalue weighted by atomic mass is 10.2. The molecule has 3 aromatic rings. The van der Waals surface area contributed by atoms with Crippen LogP contribution >= 0.6 is 11.3 Å². The third kappa shape index (κ3) is 2.92. The van der Waals surface area contributed by atoms with E-state index in [9.17, 15) is 9.18 Å². The van der Waals surface area contributed by atoms with Crippen LogP contribution in [0, 0.1) is 5.82 Å². The molecule has 0 saturated heterocycles. The van der Waals surface area contributed by atoms with Gasteiger partial charge in [0.2, 0.25) is 0 Å². The Morgan fingerprint density at radius 1 is 1.32 bits per heavy atom. The average molecular weight is 316 g/mol. The van der Waals surface area contributed by atoms with Crippen molar-refractivity contribution in [3.63, 3.8) is 0 Å². The molecular formula is C16H13FN2O2S. The van der Waals surface area contributed by atoms with E-state index in [0.29, 0.717) is 22.0 Å². The predicted molar refractivity (Wildman–Crippen MR) is 82.0 cm³/mol. The number of benzene rings is 1. The quantitative estimate of drug-likeness (QED) is 0.735. The van der Waals surface area contributed by atoms with Crippen LogP contribution in [0.2, 0.25) is 0 Å². The molecule has 22 heavy (non-hydrogen) atoms. The fourth-order valence-electron chi connectivity index (χ4n) is 2.03. The first kappa shape index (κ1) is 14.5. The van der Waals surface area contributed by atoms with Crippen molar-refractivity contribution < 1.29 is 13.6 Å². The first-order valence-electron chi connectivity index (χ1n) is 6.63. The summed E-state index contributed by atoms with van der Waals surface area (Å²) in [5.41, 5.74) is 0.801. The maximum Gasteiger partial charge on any atom is 0.273 e. The van der Waals surface area contributed by atoms with Gasteiger partial charge in [-0.1, -0.05) is 18.2 Å². The molecule has 0 aliphatic carbocycles. The number of carbonyl (C=O) groups is 1. The van der Waals surface area contributed by atoms with Gasteiger partial charge in [0.1, 0.15) is 11.5 Å². The van der Waals surface area contributed by atoms with Crippen LogP contribution in [-0.4, -0.2) is 22.8 Å². The molecule has 0 fully saturated rings. The molecular weight excluding hydrogens is 303 g/mol.